The average molecular weight is 236 g/mol. The van der Waals surface area contributed by atoms with Gasteiger partial charge in [0.05, 0.1) is 5.69 Å². The van der Waals surface area contributed by atoms with Crippen LogP contribution in [0.3, 0.4) is 0 Å². The number of rotatable bonds is 8. The maximum absolute atomic E-state index is 4.55. The lowest BCUT2D eigenvalue weighted by molar-refractivity contribution is 0.305. The molecule has 0 saturated carbocycles. The summed E-state index contributed by atoms with van der Waals surface area (Å²) in [6.45, 7) is 11.5. The number of hydrogen-bond donors (Lipinski definition) is 1. The number of likely N-dealkylation sites (N-methyl/N-ethyl adjacent to an activating group) is 1. The molecule has 0 radical (unpaired) electrons. The Balaban J connectivity index is 2.47. The van der Waals surface area contributed by atoms with Crippen molar-refractivity contribution in [2.75, 3.05) is 26.2 Å². The van der Waals surface area contributed by atoms with Crippen molar-refractivity contribution in [3.8, 4) is 0 Å². The molecule has 1 N–H and O–H groups in total. The zero-order chi connectivity index (χ0) is 12.5. The predicted molar refractivity (Wildman–Crippen MR) is 70.9 cm³/mol. The van der Waals surface area contributed by atoms with Gasteiger partial charge in [0.15, 0.2) is 0 Å². The van der Waals surface area contributed by atoms with Gasteiger partial charge in [0.1, 0.15) is 5.82 Å². The van der Waals surface area contributed by atoms with Gasteiger partial charge in [-0.3, -0.25) is 0 Å². The van der Waals surface area contributed by atoms with Crippen molar-refractivity contribution >= 4 is 0 Å². The highest BCUT2D eigenvalue weighted by Crippen LogP contribution is 1.98. The van der Waals surface area contributed by atoms with Crippen LogP contribution >= 0.6 is 0 Å². The van der Waals surface area contributed by atoms with Gasteiger partial charge < -0.3 is 10.2 Å². The minimum Gasteiger partial charge on any atom is -0.311 e. The molecule has 0 fully saturated rings. The number of aromatic nitrogens is 2. The summed E-state index contributed by atoms with van der Waals surface area (Å²) in [5, 5.41) is 3.28. The molecule has 4 nitrogen and oxygen atoms in total. The van der Waals surface area contributed by atoms with Crippen molar-refractivity contribution in [3.05, 3.63) is 23.8 Å². The lowest BCUT2D eigenvalue weighted by Crippen LogP contribution is -2.26. The van der Waals surface area contributed by atoms with E-state index in [1.165, 1.54) is 0 Å². The molecule has 0 saturated heterocycles. The Hall–Kier alpha value is -1.00. The lowest BCUT2D eigenvalue weighted by atomic mass is 10.3. The van der Waals surface area contributed by atoms with Crippen LogP contribution in [0.2, 0.25) is 0 Å². The number of nitrogens with one attached hydrogen (secondary N) is 1. The summed E-state index contributed by atoms with van der Waals surface area (Å²) in [7, 11) is 0. The summed E-state index contributed by atoms with van der Waals surface area (Å²) >= 11 is 0. The molecular weight excluding hydrogens is 212 g/mol. The number of hydrogen-bond acceptors (Lipinski definition) is 4. The molecule has 0 aliphatic heterocycles. The minimum atomic E-state index is 0.831. The highest BCUT2D eigenvalue weighted by Gasteiger charge is 2.03. The first kappa shape index (κ1) is 14.1. The van der Waals surface area contributed by atoms with Crippen LogP contribution in [0.5, 0.6) is 0 Å². The SMILES string of the molecule is CCNCc1ccnc(CCN(CC)CC)n1. The van der Waals surface area contributed by atoms with Crippen LogP contribution in [0.25, 0.3) is 0 Å². The molecule has 0 amide bonds. The summed E-state index contributed by atoms with van der Waals surface area (Å²) in [5.74, 6) is 0.951. The van der Waals surface area contributed by atoms with E-state index in [2.05, 4.69) is 41.0 Å². The highest BCUT2D eigenvalue weighted by atomic mass is 15.1. The molecule has 4 heteroatoms. The van der Waals surface area contributed by atoms with Gasteiger partial charge in [-0.2, -0.15) is 0 Å². The Morgan fingerprint density at radius 3 is 2.65 bits per heavy atom. The van der Waals surface area contributed by atoms with E-state index in [9.17, 15) is 0 Å². The molecular formula is C13H24N4. The van der Waals surface area contributed by atoms with E-state index in [0.717, 1.165) is 50.7 Å². The summed E-state index contributed by atoms with van der Waals surface area (Å²) in [6, 6.07) is 1.98. The summed E-state index contributed by atoms with van der Waals surface area (Å²) in [6.07, 6.45) is 2.79. The molecule has 0 unspecified atom stereocenters. The summed E-state index contributed by atoms with van der Waals surface area (Å²) in [5.41, 5.74) is 1.08. The largest absolute Gasteiger partial charge is 0.311 e. The smallest absolute Gasteiger partial charge is 0.129 e. The average Bonchev–Trinajstić information content (AvgIpc) is 2.38. The van der Waals surface area contributed by atoms with Crippen LogP contribution in [0.4, 0.5) is 0 Å². The normalized spacial score (nSPS) is 11.1. The first-order valence-corrected chi connectivity index (χ1v) is 6.54. The fourth-order valence-electron chi connectivity index (χ4n) is 1.71. The first-order chi connectivity index (χ1) is 8.30. The van der Waals surface area contributed by atoms with E-state index in [4.69, 9.17) is 0 Å². The fraction of sp³-hybridized carbons (Fsp3) is 0.692. The van der Waals surface area contributed by atoms with Gasteiger partial charge in [0.25, 0.3) is 0 Å². The number of nitrogens with zero attached hydrogens (tertiary/aromatic N) is 3. The lowest BCUT2D eigenvalue weighted by Gasteiger charge is -2.17. The van der Waals surface area contributed by atoms with Gasteiger partial charge in [-0.05, 0) is 25.7 Å². The fourth-order valence-corrected chi connectivity index (χ4v) is 1.71. The Labute approximate surface area is 104 Å². The second-order valence-electron chi connectivity index (χ2n) is 4.02. The van der Waals surface area contributed by atoms with Gasteiger partial charge in [0, 0.05) is 25.7 Å². The van der Waals surface area contributed by atoms with Gasteiger partial charge in [-0.1, -0.05) is 20.8 Å². The van der Waals surface area contributed by atoms with Crippen molar-refractivity contribution in [1.82, 2.24) is 20.2 Å². The van der Waals surface area contributed by atoms with Crippen LogP contribution in [-0.4, -0.2) is 41.0 Å². The molecule has 96 valence electrons. The van der Waals surface area contributed by atoms with Crippen LogP contribution in [0.15, 0.2) is 12.3 Å². The van der Waals surface area contributed by atoms with E-state index in [1.54, 1.807) is 0 Å². The van der Waals surface area contributed by atoms with Gasteiger partial charge in [-0.25, -0.2) is 9.97 Å². The molecule has 1 heterocycles. The zero-order valence-electron chi connectivity index (χ0n) is 11.2. The minimum absolute atomic E-state index is 0.831. The molecule has 0 aliphatic rings. The molecule has 0 atom stereocenters. The topological polar surface area (TPSA) is 41.1 Å². The molecule has 1 rings (SSSR count). The second-order valence-corrected chi connectivity index (χ2v) is 4.02. The van der Waals surface area contributed by atoms with Crippen molar-refractivity contribution in [2.45, 2.75) is 33.7 Å². The van der Waals surface area contributed by atoms with Crippen LogP contribution in [-0.2, 0) is 13.0 Å². The predicted octanol–water partition coefficient (Wildman–Crippen LogP) is 1.47. The van der Waals surface area contributed by atoms with E-state index >= 15 is 0 Å². The van der Waals surface area contributed by atoms with Crippen molar-refractivity contribution in [3.63, 3.8) is 0 Å². The van der Waals surface area contributed by atoms with E-state index < -0.39 is 0 Å². The van der Waals surface area contributed by atoms with Gasteiger partial charge >= 0.3 is 0 Å². The zero-order valence-corrected chi connectivity index (χ0v) is 11.2. The van der Waals surface area contributed by atoms with Crippen LogP contribution in [0, 0.1) is 0 Å². The Morgan fingerprint density at radius 1 is 1.24 bits per heavy atom. The summed E-state index contributed by atoms with van der Waals surface area (Å²) < 4.78 is 0. The van der Waals surface area contributed by atoms with Crippen molar-refractivity contribution in [2.24, 2.45) is 0 Å². The second kappa shape index (κ2) is 8.14. The Kier molecular flexibility index (Phi) is 6.74. The Morgan fingerprint density at radius 2 is 2.00 bits per heavy atom. The molecule has 0 bridgehead atoms. The standard InChI is InChI=1S/C13H24N4/c1-4-14-11-12-7-9-15-13(16-12)8-10-17(5-2)6-3/h7,9,14H,4-6,8,10-11H2,1-3H3. The van der Waals surface area contributed by atoms with Crippen molar-refractivity contribution < 1.29 is 0 Å². The molecule has 17 heavy (non-hydrogen) atoms. The van der Waals surface area contributed by atoms with Crippen LogP contribution in [0.1, 0.15) is 32.3 Å². The molecule has 1 aromatic heterocycles. The maximum Gasteiger partial charge on any atom is 0.129 e. The van der Waals surface area contributed by atoms with Gasteiger partial charge in [0.2, 0.25) is 0 Å². The van der Waals surface area contributed by atoms with E-state index in [-0.39, 0.29) is 0 Å². The van der Waals surface area contributed by atoms with E-state index in [0.29, 0.717) is 0 Å². The van der Waals surface area contributed by atoms with E-state index in [1.807, 2.05) is 12.3 Å². The quantitative estimate of drug-likeness (QED) is 0.742. The third-order valence-corrected chi connectivity index (χ3v) is 2.87. The molecule has 0 aliphatic carbocycles. The first-order valence-electron chi connectivity index (χ1n) is 6.54. The molecule has 1 aromatic rings. The van der Waals surface area contributed by atoms with Gasteiger partial charge in [-0.15, -0.1) is 0 Å². The van der Waals surface area contributed by atoms with Crippen molar-refractivity contribution in [1.29, 1.82) is 0 Å². The third-order valence-electron chi connectivity index (χ3n) is 2.87. The monoisotopic (exact) mass is 236 g/mol. The van der Waals surface area contributed by atoms with Crippen LogP contribution < -0.4 is 5.32 Å². The molecule has 0 spiro atoms. The highest BCUT2D eigenvalue weighted by molar-refractivity contribution is 5.02. The summed E-state index contributed by atoms with van der Waals surface area (Å²) in [4.78, 5) is 11.3. The maximum atomic E-state index is 4.55. The Bertz CT molecular complexity index is 310. The molecule has 0 aromatic carbocycles. The third kappa shape index (κ3) is 5.24.